The first-order chi connectivity index (χ1) is 13.4. The molecule has 0 bridgehead atoms. The van der Waals surface area contributed by atoms with Gasteiger partial charge in [0.25, 0.3) is 0 Å². The van der Waals surface area contributed by atoms with Crippen LogP contribution in [0.4, 0.5) is 5.69 Å². The van der Waals surface area contributed by atoms with Crippen molar-refractivity contribution in [3.8, 4) is 5.75 Å². The van der Waals surface area contributed by atoms with Gasteiger partial charge in [0.15, 0.2) is 0 Å². The molecule has 4 rings (SSSR count). The van der Waals surface area contributed by atoms with Crippen molar-refractivity contribution in [2.24, 2.45) is 0 Å². The van der Waals surface area contributed by atoms with Crippen molar-refractivity contribution in [1.29, 1.82) is 0 Å². The fourth-order valence-electron chi connectivity index (χ4n) is 3.78. The fourth-order valence-corrected chi connectivity index (χ4v) is 5.39. The standard InChI is InChI=1S/C20H24ClN3O3S/c1-22-7-9-23(10-8-22)19-12-18(5-6-20(19)27-2)28(25,26)24-13-15-3-4-17(21)11-16(15)14-24/h3-6,11-12H,7-10,13-14H2,1-2H3. The van der Waals surface area contributed by atoms with Crippen LogP contribution in [0.2, 0.25) is 5.02 Å². The van der Waals surface area contributed by atoms with Crippen LogP contribution in [0.1, 0.15) is 11.1 Å². The van der Waals surface area contributed by atoms with Gasteiger partial charge in [0.05, 0.1) is 17.7 Å². The van der Waals surface area contributed by atoms with Crippen molar-refractivity contribution in [3.63, 3.8) is 0 Å². The quantitative estimate of drug-likeness (QED) is 0.759. The first-order valence-electron chi connectivity index (χ1n) is 9.27. The molecular formula is C20H24ClN3O3S. The number of piperazine rings is 1. The molecule has 8 heteroatoms. The van der Waals surface area contributed by atoms with E-state index in [1.807, 2.05) is 12.1 Å². The van der Waals surface area contributed by atoms with Crippen LogP contribution >= 0.6 is 11.6 Å². The number of benzene rings is 2. The fraction of sp³-hybridized carbons (Fsp3) is 0.400. The molecule has 1 fully saturated rings. The zero-order valence-corrected chi connectivity index (χ0v) is 17.6. The number of rotatable bonds is 4. The molecule has 2 aliphatic heterocycles. The lowest BCUT2D eigenvalue weighted by Crippen LogP contribution is -2.44. The number of hydrogen-bond donors (Lipinski definition) is 0. The van der Waals surface area contributed by atoms with Gasteiger partial charge in [-0.25, -0.2) is 8.42 Å². The van der Waals surface area contributed by atoms with Gasteiger partial charge in [-0.2, -0.15) is 4.31 Å². The molecule has 150 valence electrons. The zero-order valence-electron chi connectivity index (χ0n) is 16.1. The molecule has 0 spiro atoms. The summed E-state index contributed by atoms with van der Waals surface area (Å²) in [6, 6.07) is 10.7. The minimum Gasteiger partial charge on any atom is -0.495 e. The normalized spacial score (nSPS) is 18.3. The third-order valence-corrected chi connectivity index (χ3v) is 7.52. The smallest absolute Gasteiger partial charge is 0.243 e. The van der Waals surface area contributed by atoms with E-state index in [0.29, 0.717) is 28.8 Å². The first kappa shape index (κ1) is 19.5. The van der Waals surface area contributed by atoms with E-state index in [2.05, 4.69) is 16.8 Å². The topological polar surface area (TPSA) is 53.1 Å². The second-order valence-electron chi connectivity index (χ2n) is 7.31. The van der Waals surface area contributed by atoms with Gasteiger partial charge in [-0.05, 0) is 48.5 Å². The molecular weight excluding hydrogens is 398 g/mol. The molecule has 0 aromatic heterocycles. The highest BCUT2D eigenvalue weighted by molar-refractivity contribution is 7.89. The molecule has 28 heavy (non-hydrogen) atoms. The van der Waals surface area contributed by atoms with Gasteiger partial charge in [-0.15, -0.1) is 0 Å². The van der Waals surface area contributed by atoms with E-state index < -0.39 is 10.0 Å². The van der Waals surface area contributed by atoms with Gasteiger partial charge < -0.3 is 14.5 Å². The van der Waals surface area contributed by atoms with Crippen molar-refractivity contribution in [2.75, 3.05) is 45.2 Å². The molecule has 0 aliphatic carbocycles. The predicted molar refractivity (Wildman–Crippen MR) is 111 cm³/mol. The van der Waals surface area contributed by atoms with Crippen molar-refractivity contribution in [2.45, 2.75) is 18.0 Å². The van der Waals surface area contributed by atoms with E-state index in [1.165, 1.54) is 4.31 Å². The number of ether oxygens (including phenoxy) is 1. The second kappa shape index (κ2) is 7.55. The summed E-state index contributed by atoms with van der Waals surface area (Å²) >= 11 is 6.06. The number of likely N-dealkylation sites (N-methyl/N-ethyl adjacent to an activating group) is 1. The summed E-state index contributed by atoms with van der Waals surface area (Å²) in [5.41, 5.74) is 2.79. The van der Waals surface area contributed by atoms with Crippen molar-refractivity contribution < 1.29 is 13.2 Å². The molecule has 0 amide bonds. The van der Waals surface area contributed by atoms with Crippen LogP contribution < -0.4 is 9.64 Å². The molecule has 2 heterocycles. The lowest BCUT2D eigenvalue weighted by atomic mass is 10.1. The molecule has 0 radical (unpaired) electrons. The van der Waals surface area contributed by atoms with Crippen LogP contribution in [0.3, 0.4) is 0 Å². The number of fused-ring (bicyclic) bond motifs is 1. The summed E-state index contributed by atoms with van der Waals surface area (Å²) in [5.74, 6) is 0.694. The summed E-state index contributed by atoms with van der Waals surface area (Å²) in [7, 11) is 0.0865. The van der Waals surface area contributed by atoms with Crippen LogP contribution in [0.5, 0.6) is 5.75 Å². The van der Waals surface area contributed by atoms with E-state index in [4.69, 9.17) is 16.3 Å². The van der Waals surface area contributed by atoms with E-state index in [9.17, 15) is 8.42 Å². The lowest BCUT2D eigenvalue weighted by molar-refractivity contribution is 0.311. The summed E-state index contributed by atoms with van der Waals surface area (Å²) < 4.78 is 33.6. The minimum atomic E-state index is -3.62. The van der Waals surface area contributed by atoms with E-state index in [1.54, 1.807) is 31.4 Å². The number of hydrogen-bond acceptors (Lipinski definition) is 5. The van der Waals surface area contributed by atoms with Crippen molar-refractivity contribution in [1.82, 2.24) is 9.21 Å². The summed E-state index contributed by atoms with van der Waals surface area (Å²) in [5, 5.41) is 0.625. The Morgan fingerprint density at radius 1 is 0.964 bits per heavy atom. The van der Waals surface area contributed by atoms with Crippen LogP contribution in [-0.4, -0.2) is 58.0 Å². The Hall–Kier alpha value is -1.80. The molecule has 1 saturated heterocycles. The highest BCUT2D eigenvalue weighted by atomic mass is 35.5. The third-order valence-electron chi connectivity index (χ3n) is 5.49. The number of halogens is 1. The Morgan fingerprint density at radius 2 is 1.68 bits per heavy atom. The van der Waals surface area contributed by atoms with Crippen LogP contribution in [0.25, 0.3) is 0 Å². The number of nitrogens with zero attached hydrogens (tertiary/aromatic N) is 3. The van der Waals surface area contributed by atoms with Crippen molar-refractivity contribution >= 4 is 27.3 Å². The van der Waals surface area contributed by atoms with Gasteiger partial charge in [0.2, 0.25) is 10.0 Å². The number of methoxy groups -OCH3 is 1. The highest BCUT2D eigenvalue weighted by Gasteiger charge is 2.32. The summed E-state index contributed by atoms with van der Waals surface area (Å²) in [6.45, 7) is 4.25. The van der Waals surface area contributed by atoms with Crippen LogP contribution in [0.15, 0.2) is 41.3 Å². The molecule has 6 nitrogen and oxygen atoms in total. The molecule has 2 aromatic rings. The minimum absolute atomic E-state index is 0.293. The van der Waals surface area contributed by atoms with Gasteiger partial charge in [0, 0.05) is 44.3 Å². The maximum atomic E-state index is 13.3. The highest BCUT2D eigenvalue weighted by Crippen LogP contribution is 2.35. The first-order valence-corrected chi connectivity index (χ1v) is 11.1. The summed E-state index contributed by atoms with van der Waals surface area (Å²) in [6.07, 6.45) is 0. The van der Waals surface area contributed by atoms with Crippen LogP contribution in [-0.2, 0) is 23.1 Å². The second-order valence-corrected chi connectivity index (χ2v) is 9.68. The Kier molecular flexibility index (Phi) is 5.26. The van der Waals surface area contributed by atoms with Crippen LogP contribution in [0, 0.1) is 0 Å². The average molecular weight is 422 g/mol. The zero-order chi connectivity index (χ0) is 19.9. The van der Waals surface area contributed by atoms with E-state index in [0.717, 1.165) is 43.0 Å². The van der Waals surface area contributed by atoms with Gasteiger partial charge in [-0.3, -0.25) is 0 Å². The van der Waals surface area contributed by atoms with E-state index >= 15 is 0 Å². The van der Waals surface area contributed by atoms with Crippen molar-refractivity contribution in [3.05, 3.63) is 52.5 Å². The third kappa shape index (κ3) is 3.59. The largest absolute Gasteiger partial charge is 0.495 e. The number of anilines is 1. The maximum Gasteiger partial charge on any atom is 0.243 e. The summed E-state index contributed by atoms with van der Waals surface area (Å²) in [4.78, 5) is 4.74. The molecule has 0 N–H and O–H groups in total. The van der Waals surface area contributed by atoms with Gasteiger partial charge in [-0.1, -0.05) is 17.7 Å². The lowest BCUT2D eigenvalue weighted by Gasteiger charge is -2.35. The molecule has 0 saturated carbocycles. The average Bonchev–Trinajstić information content (AvgIpc) is 3.12. The molecule has 0 unspecified atom stereocenters. The number of sulfonamides is 1. The van der Waals surface area contributed by atoms with Gasteiger partial charge in [0.1, 0.15) is 5.75 Å². The maximum absolute atomic E-state index is 13.3. The predicted octanol–water partition coefficient (Wildman–Crippen LogP) is 2.80. The monoisotopic (exact) mass is 421 g/mol. The molecule has 0 atom stereocenters. The Balaban J connectivity index is 1.64. The van der Waals surface area contributed by atoms with Gasteiger partial charge >= 0.3 is 0 Å². The Bertz CT molecular complexity index is 988. The molecule has 2 aliphatic rings. The molecule has 2 aromatic carbocycles. The Labute approximate surface area is 171 Å². The SMILES string of the molecule is COc1ccc(S(=O)(=O)N2Cc3ccc(Cl)cc3C2)cc1N1CCN(C)CC1. The van der Waals surface area contributed by atoms with E-state index in [-0.39, 0.29) is 0 Å². The Morgan fingerprint density at radius 3 is 2.39 bits per heavy atom.